The number of carbonyl (C=O) groups excluding carboxylic acids is 1. The summed E-state index contributed by atoms with van der Waals surface area (Å²) >= 11 is 0. The molecule has 22 heavy (non-hydrogen) atoms. The number of nitriles is 1. The number of hydrogen-bond acceptors (Lipinski definition) is 4. The van der Waals surface area contributed by atoms with E-state index in [9.17, 15) is 4.79 Å². The van der Waals surface area contributed by atoms with Crippen molar-refractivity contribution in [2.45, 2.75) is 45.3 Å². The smallest absolute Gasteiger partial charge is 0.131 e. The molecule has 1 atom stereocenters. The minimum Gasteiger partial charge on any atom is -0.313 e. The van der Waals surface area contributed by atoms with Crippen molar-refractivity contribution in [1.29, 1.82) is 5.26 Å². The lowest BCUT2D eigenvalue weighted by Gasteiger charge is -2.25. The van der Waals surface area contributed by atoms with Crippen LogP contribution in [0, 0.1) is 11.3 Å². The van der Waals surface area contributed by atoms with E-state index in [0.29, 0.717) is 25.6 Å². The zero-order chi connectivity index (χ0) is 15.5. The van der Waals surface area contributed by atoms with Gasteiger partial charge in [-0.05, 0) is 31.9 Å². The molecule has 1 saturated heterocycles. The maximum Gasteiger partial charge on any atom is 0.131 e. The summed E-state index contributed by atoms with van der Waals surface area (Å²) in [6, 6.07) is 10.5. The molecule has 0 aliphatic carbocycles. The standard InChI is InChI=1S/C17H20N4O/c1-13(22)11-14-5-4-10-20(14)12-21-16-7-3-2-6-15(16)19-17(21)8-9-18/h2-3,6-7,14H,4-5,8,10-12H2,1H3. The number of likely N-dealkylation sites (tertiary alicyclic amines) is 1. The summed E-state index contributed by atoms with van der Waals surface area (Å²) in [5.74, 6) is 1.04. The van der Waals surface area contributed by atoms with E-state index in [2.05, 4.69) is 20.5 Å². The fourth-order valence-electron chi connectivity index (χ4n) is 3.31. The van der Waals surface area contributed by atoms with Gasteiger partial charge in [-0.25, -0.2) is 4.98 Å². The molecule has 2 aromatic rings. The van der Waals surface area contributed by atoms with Crippen LogP contribution < -0.4 is 0 Å². The van der Waals surface area contributed by atoms with Gasteiger partial charge in [0, 0.05) is 19.0 Å². The van der Waals surface area contributed by atoms with Crippen LogP contribution in [0.1, 0.15) is 32.0 Å². The van der Waals surface area contributed by atoms with Gasteiger partial charge in [0.1, 0.15) is 11.6 Å². The van der Waals surface area contributed by atoms with Crippen LogP contribution in [-0.4, -0.2) is 32.8 Å². The van der Waals surface area contributed by atoms with Gasteiger partial charge in [-0.2, -0.15) is 5.26 Å². The number of nitrogens with zero attached hydrogens (tertiary/aromatic N) is 4. The molecule has 1 aromatic carbocycles. The average molecular weight is 296 g/mol. The first-order chi connectivity index (χ1) is 10.7. The molecule has 0 amide bonds. The molecule has 3 rings (SSSR count). The third-order valence-electron chi connectivity index (χ3n) is 4.32. The van der Waals surface area contributed by atoms with Crippen LogP contribution in [0.3, 0.4) is 0 Å². The van der Waals surface area contributed by atoms with Gasteiger partial charge in [0.2, 0.25) is 0 Å². The number of benzene rings is 1. The number of Topliss-reactive ketones (excluding diaryl/α,β-unsaturated/α-hetero) is 1. The summed E-state index contributed by atoms with van der Waals surface area (Å²) in [7, 11) is 0. The Hall–Kier alpha value is -2.19. The van der Waals surface area contributed by atoms with E-state index in [-0.39, 0.29) is 5.78 Å². The minimum absolute atomic E-state index is 0.240. The third-order valence-corrected chi connectivity index (χ3v) is 4.32. The van der Waals surface area contributed by atoms with Gasteiger partial charge < -0.3 is 4.57 Å². The second-order valence-corrected chi connectivity index (χ2v) is 5.94. The van der Waals surface area contributed by atoms with E-state index in [1.54, 1.807) is 6.92 Å². The molecule has 1 aromatic heterocycles. The molecule has 114 valence electrons. The molecule has 5 nitrogen and oxygen atoms in total. The summed E-state index contributed by atoms with van der Waals surface area (Å²) in [5.41, 5.74) is 1.98. The van der Waals surface area contributed by atoms with Crippen molar-refractivity contribution in [2.24, 2.45) is 0 Å². The molecule has 1 aliphatic heterocycles. The molecule has 0 bridgehead atoms. The largest absolute Gasteiger partial charge is 0.313 e. The van der Waals surface area contributed by atoms with Crippen LogP contribution in [0.2, 0.25) is 0 Å². The van der Waals surface area contributed by atoms with Crippen molar-refractivity contribution < 1.29 is 4.79 Å². The lowest BCUT2D eigenvalue weighted by Crippen LogP contribution is -2.33. The molecular weight excluding hydrogens is 276 g/mol. The topological polar surface area (TPSA) is 61.9 Å². The van der Waals surface area contributed by atoms with E-state index < -0.39 is 0 Å². The first kappa shape index (κ1) is 14.7. The number of carbonyl (C=O) groups is 1. The van der Waals surface area contributed by atoms with Crippen LogP contribution in [0.15, 0.2) is 24.3 Å². The lowest BCUT2D eigenvalue weighted by atomic mass is 10.1. The Kier molecular flexibility index (Phi) is 4.21. The van der Waals surface area contributed by atoms with Gasteiger partial charge >= 0.3 is 0 Å². The van der Waals surface area contributed by atoms with Crippen LogP contribution in [0.25, 0.3) is 11.0 Å². The summed E-state index contributed by atoms with van der Waals surface area (Å²) in [6.07, 6.45) is 3.11. The summed E-state index contributed by atoms with van der Waals surface area (Å²) < 4.78 is 2.12. The molecule has 0 saturated carbocycles. The first-order valence-corrected chi connectivity index (χ1v) is 7.73. The highest BCUT2D eigenvalue weighted by Gasteiger charge is 2.26. The van der Waals surface area contributed by atoms with E-state index in [1.807, 2.05) is 24.3 Å². The number of fused-ring (bicyclic) bond motifs is 1. The molecule has 0 radical (unpaired) electrons. The van der Waals surface area contributed by atoms with Gasteiger partial charge in [-0.3, -0.25) is 9.69 Å². The van der Waals surface area contributed by atoms with E-state index in [4.69, 9.17) is 5.26 Å². The fraction of sp³-hybridized carbons (Fsp3) is 0.471. The highest BCUT2D eigenvalue weighted by atomic mass is 16.1. The Bertz CT molecular complexity index is 728. The Morgan fingerprint density at radius 2 is 2.27 bits per heavy atom. The number of para-hydroxylation sites is 2. The summed E-state index contributed by atoms with van der Waals surface area (Å²) in [6.45, 7) is 3.36. The second-order valence-electron chi connectivity index (χ2n) is 5.94. The Morgan fingerprint density at radius 1 is 1.45 bits per heavy atom. The second kappa shape index (κ2) is 6.29. The van der Waals surface area contributed by atoms with E-state index in [0.717, 1.165) is 36.2 Å². The Labute approximate surface area is 130 Å². The van der Waals surface area contributed by atoms with Crippen LogP contribution >= 0.6 is 0 Å². The van der Waals surface area contributed by atoms with Gasteiger partial charge in [0.05, 0.1) is 30.2 Å². The van der Waals surface area contributed by atoms with Crippen LogP contribution in [-0.2, 0) is 17.9 Å². The van der Waals surface area contributed by atoms with Crippen molar-refractivity contribution >= 4 is 16.8 Å². The highest BCUT2D eigenvalue weighted by molar-refractivity contribution is 5.76. The Balaban J connectivity index is 1.90. The van der Waals surface area contributed by atoms with Gasteiger partial charge in [0.15, 0.2) is 0 Å². The Morgan fingerprint density at radius 3 is 3.05 bits per heavy atom. The minimum atomic E-state index is 0.240. The van der Waals surface area contributed by atoms with Crippen LogP contribution in [0.5, 0.6) is 0 Å². The molecule has 2 heterocycles. The van der Waals surface area contributed by atoms with Crippen molar-refractivity contribution in [3.8, 4) is 6.07 Å². The number of hydrogen-bond donors (Lipinski definition) is 0. The van der Waals surface area contributed by atoms with Gasteiger partial charge in [-0.15, -0.1) is 0 Å². The molecule has 1 unspecified atom stereocenters. The van der Waals surface area contributed by atoms with Crippen molar-refractivity contribution in [2.75, 3.05) is 6.54 Å². The molecular formula is C17H20N4O. The SMILES string of the molecule is CC(=O)CC1CCCN1Cn1c(CC#N)nc2ccccc21. The molecule has 5 heteroatoms. The summed E-state index contributed by atoms with van der Waals surface area (Å²) in [5, 5.41) is 9.04. The first-order valence-electron chi connectivity index (χ1n) is 7.73. The summed E-state index contributed by atoms with van der Waals surface area (Å²) in [4.78, 5) is 18.4. The zero-order valence-electron chi connectivity index (χ0n) is 12.8. The lowest BCUT2D eigenvalue weighted by molar-refractivity contribution is -0.118. The third kappa shape index (κ3) is 2.88. The van der Waals surface area contributed by atoms with Gasteiger partial charge in [0.25, 0.3) is 0 Å². The maximum atomic E-state index is 11.4. The number of ketones is 1. The molecule has 1 aliphatic rings. The average Bonchev–Trinajstić information content (AvgIpc) is 3.05. The van der Waals surface area contributed by atoms with Crippen molar-refractivity contribution in [3.63, 3.8) is 0 Å². The van der Waals surface area contributed by atoms with E-state index in [1.165, 1.54) is 0 Å². The number of aromatic nitrogens is 2. The molecule has 0 spiro atoms. The van der Waals surface area contributed by atoms with E-state index >= 15 is 0 Å². The van der Waals surface area contributed by atoms with Crippen molar-refractivity contribution in [1.82, 2.24) is 14.5 Å². The van der Waals surface area contributed by atoms with Crippen LogP contribution in [0.4, 0.5) is 0 Å². The normalized spacial score (nSPS) is 18.6. The zero-order valence-corrected chi connectivity index (χ0v) is 12.8. The number of imidazole rings is 1. The monoisotopic (exact) mass is 296 g/mol. The molecule has 1 fully saturated rings. The quantitative estimate of drug-likeness (QED) is 0.850. The number of rotatable bonds is 5. The predicted octanol–water partition coefficient (Wildman–Crippen LogP) is 2.50. The van der Waals surface area contributed by atoms with Gasteiger partial charge in [-0.1, -0.05) is 12.1 Å². The highest BCUT2D eigenvalue weighted by Crippen LogP contribution is 2.24. The van der Waals surface area contributed by atoms with Crippen molar-refractivity contribution in [3.05, 3.63) is 30.1 Å². The maximum absolute atomic E-state index is 11.4. The fourth-order valence-corrected chi connectivity index (χ4v) is 3.31. The molecule has 0 N–H and O–H groups in total. The predicted molar refractivity (Wildman–Crippen MR) is 84.1 cm³/mol.